The molecule has 7 heteroatoms. The number of fused-ring (bicyclic) bond motifs is 1. The molecule has 0 saturated heterocycles. The van der Waals surface area contributed by atoms with E-state index in [1.807, 2.05) is 65.4 Å². The van der Waals surface area contributed by atoms with Crippen LogP contribution in [0.3, 0.4) is 0 Å². The summed E-state index contributed by atoms with van der Waals surface area (Å²) in [5.41, 5.74) is 3.63. The molecule has 2 amide bonds. The van der Waals surface area contributed by atoms with Crippen LogP contribution in [-0.4, -0.2) is 46.6 Å². The number of hydrogen-bond acceptors (Lipinski definition) is 4. The van der Waals surface area contributed by atoms with Gasteiger partial charge >= 0.3 is 0 Å². The molecule has 0 radical (unpaired) electrons. The molecule has 0 atom stereocenters. The standard InChI is InChI=1S/C22H23N5O2/c1-25(12-18-11-23-26(14-18)13-17-7-3-2-4-8-17)16-22(29)27-15-21(28)24-19-9-5-6-10-20(19)27/h2-11,14H,12-13,15-16H2,1H3,(H,24,28). The monoisotopic (exact) mass is 389 g/mol. The third kappa shape index (κ3) is 4.52. The molecule has 7 nitrogen and oxygen atoms in total. The van der Waals surface area contributed by atoms with Gasteiger partial charge < -0.3 is 5.32 Å². The minimum absolute atomic E-state index is 0.0404. The Balaban J connectivity index is 1.37. The maximum absolute atomic E-state index is 12.8. The van der Waals surface area contributed by atoms with Crippen molar-refractivity contribution in [3.8, 4) is 0 Å². The van der Waals surface area contributed by atoms with Gasteiger partial charge in [-0.25, -0.2) is 0 Å². The van der Waals surface area contributed by atoms with Crippen molar-refractivity contribution in [2.75, 3.05) is 30.4 Å². The fraction of sp³-hybridized carbons (Fsp3) is 0.227. The first-order valence-electron chi connectivity index (χ1n) is 9.51. The first kappa shape index (κ1) is 18.9. The van der Waals surface area contributed by atoms with Gasteiger partial charge in [-0.2, -0.15) is 5.10 Å². The number of benzene rings is 2. The number of nitrogens with zero attached hydrogens (tertiary/aromatic N) is 4. The number of likely N-dealkylation sites (N-methyl/N-ethyl adjacent to an activating group) is 1. The number of para-hydroxylation sites is 2. The van der Waals surface area contributed by atoms with Gasteiger partial charge in [0.1, 0.15) is 6.54 Å². The third-order valence-electron chi connectivity index (χ3n) is 4.80. The number of hydrogen-bond donors (Lipinski definition) is 1. The molecule has 1 N–H and O–H groups in total. The summed E-state index contributed by atoms with van der Waals surface area (Å²) in [6.07, 6.45) is 3.82. The van der Waals surface area contributed by atoms with Crippen LogP contribution in [0.4, 0.5) is 11.4 Å². The largest absolute Gasteiger partial charge is 0.323 e. The van der Waals surface area contributed by atoms with Gasteiger partial charge in [0, 0.05) is 18.3 Å². The Kier molecular flexibility index (Phi) is 5.39. The average molecular weight is 389 g/mol. The van der Waals surface area contributed by atoms with E-state index in [2.05, 4.69) is 22.5 Å². The summed E-state index contributed by atoms with van der Waals surface area (Å²) < 4.78 is 1.89. The lowest BCUT2D eigenvalue weighted by Gasteiger charge is -2.30. The van der Waals surface area contributed by atoms with Crippen molar-refractivity contribution < 1.29 is 9.59 Å². The molecule has 2 aromatic carbocycles. The second kappa shape index (κ2) is 8.28. The van der Waals surface area contributed by atoms with Gasteiger partial charge in [-0.1, -0.05) is 42.5 Å². The van der Waals surface area contributed by atoms with Gasteiger partial charge in [0.2, 0.25) is 11.8 Å². The van der Waals surface area contributed by atoms with Crippen molar-refractivity contribution >= 4 is 23.2 Å². The summed E-state index contributed by atoms with van der Waals surface area (Å²) in [6, 6.07) is 17.5. The predicted octanol–water partition coefficient (Wildman–Crippen LogP) is 2.35. The smallest absolute Gasteiger partial charge is 0.244 e. The highest BCUT2D eigenvalue weighted by molar-refractivity contribution is 6.10. The second-order valence-corrected chi connectivity index (χ2v) is 7.25. The van der Waals surface area contributed by atoms with E-state index in [0.717, 1.165) is 11.3 Å². The maximum atomic E-state index is 12.8. The molecule has 0 unspecified atom stereocenters. The summed E-state index contributed by atoms with van der Waals surface area (Å²) in [4.78, 5) is 28.3. The Morgan fingerprint density at radius 1 is 1.10 bits per heavy atom. The Morgan fingerprint density at radius 2 is 1.86 bits per heavy atom. The molecule has 0 aliphatic carbocycles. The van der Waals surface area contributed by atoms with E-state index >= 15 is 0 Å². The lowest BCUT2D eigenvalue weighted by atomic mass is 10.2. The van der Waals surface area contributed by atoms with Gasteiger partial charge in [0.05, 0.1) is 30.7 Å². The first-order valence-corrected chi connectivity index (χ1v) is 9.51. The highest BCUT2D eigenvalue weighted by Crippen LogP contribution is 2.28. The summed E-state index contributed by atoms with van der Waals surface area (Å²) >= 11 is 0. The van der Waals surface area contributed by atoms with Crippen LogP contribution in [0.1, 0.15) is 11.1 Å². The normalized spacial score (nSPS) is 13.3. The zero-order valence-electron chi connectivity index (χ0n) is 16.3. The van der Waals surface area contributed by atoms with Crippen molar-refractivity contribution in [2.24, 2.45) is 0 Å². The Hall–Kier alpha value is -3.45. The van der Waals surface area contributed by atoms with Gasteiger partial charge in [0.25, 0.3) is 0 Å². The van der Waals surface area contributed by atoms with Crippen LogP contribution in [0.25, 0.3) is 0 Å². The average Bonchev–Trinajstić information content (AvgIpc) is 3.14. The molecule has 148 valence electrons. The van der Waals surface area contributed by atoms with Crippen molar-refractivity contribution in [2.45, 2.75) is 13.1 Å². The number of nitrogens with one attached hydrogen (secondary N) is 1. The van der Waals surface area contributed by atoms with Crippen molar-refractivity contribution in [1.82, 2.24) is 14.7 Å². The van der Waals surface area contributed by atoms with E-state index in [9.17, 15) is 9.59 Å². The minimum atomic E-state index is -0.179. The molecular weight excluding hydrogens is 366 g/mol. The molecule has 1 aliphatic heterocycles. The van der Waals surface area contributed by atoms with Crippen LogP contribution in [0.2, 0.25) is 0 Å². The first-order chi connectivity index (χ1) is 14.1. The molecule has 0 fully saturated rings. The van der Waals surface area contributed by atoms with Crippen LogP contribution >= 0.6 is 0 Å². The predicted molar refractivity (Wildman–Crippen MR) is 112 cm³/mol. The van der Waals surface area contributed by atoms with Crippen molar-refractivity contribution in [1.29, 1.82) is 0 Å². The maximum Gasteiger partial charge on any atom is 0.244 e. The number of carbonyl (C=O) groups excluding carboxylic acids is 2. The van der Waals surface area contributed by atoms with Gasteiger partial charge in [-0.05, 0) is 24.7 Å². The Bertz CT molecular complexity index is 1010. The fourth-order valence-corrected chi connectivity index (χ4v) is 3.48. The van der Waals surface area contributed by atoms with E-state index in [4.69, 9.17) is 0 Å². The van der Waals surface area contributed by atoms with Gasteiger partial charge in [0.15, 0.2) is 0 Å². The molecule has 29 heavy (non-hydrogen) atoms. The van der Waals surface area contributed by atoms with Crippen LogP contribution in [0.5, 0.6) is 0 Å². The van der Waals surface area contributed by atoms with Crippen LogP contribution < -0.4 is 10.2 Å². The van der Waals surface area contributed by atoms with Crippen LogP contribution in [0.15, 0.2) is 67.0 Å². The lowest BCUT2D eigenvalue weighted by Crippen LogP contribution is -2.45. The molecule has 0 bridgehead atoms. The SMILES string of the molecule is CN(CC(=O)N1CC(=O)Nc2ccccc21)Cc1cnn(Cc2ccccc2)c1. The second-order valence-electron chi connectivity index (χ2n) is 7.25. The van der Waals surface area contributed by atoms with E-state index in [0.29, 0.717) is 18.8 Å². The van der Waals surface area contributed by atoms with Gasteiger partial charge in [-0.3, -0.25) is 24.1 Å². The fourth-order valence-electron chi connectivity index (χ4n) is 3.48. The summed E-state index contributed by atoms with van der Waals surface area (Å²) in [5.74, 6) is -0.284. The van der Waals surface area contributed by atoms with E-state index in [1.54, 1.807) is 11.0 Å². The Morgan fingerprint density at radius 3 is 2.69 bits per heavy atom. The third-order valence-corrected chi connectivity index (χ3v) is 4.80. The zero-order chi connectivity index (χ0) is 20.2. The highest BCUT2D eigenvalue weighted by atomic mass is 16.2. The van der Waals surface area contributed by atoms with E-state index in [1.165, 1.54) is 5.56 Å². The van der Waals surface area contributed by atoms with E-state index < -0.39 is 0 Å². The number of aromatic nitrogens is 2. The molecule has 1 aromatic heterocycles. The number of amides is 2. The molecule has 1 aliphatic rings. The Labute approximate surface area is 169 Å². The molecule has 2 heterocycles. The van der Waals surface area contributed by atoms with Gasteiger partial charge in [-0.15, -0.1) is 0 Å². The molecule has 4 rings (SSSR count). The minimum Gasteiger partial charge on any atom is -0.323 e. The summed E-state index contributed by atoms with van der Waals surface area (Å²) in [7, 11) is 1.89. The topological polar surface area (TPSA) is 70.5 Å². The molecule has 3 aromatic rings. The van der Waals surface area contributed by atoms with E-state index in [-0.39, 0.29) is 24.9 Å². The molecular formula is C22H23N5O2. The summed E-state index contributed by atoms with van der Waals surface area (Å²) in [6.45, 7) is 1.57. The highest BCUT2D eigenvalue weighted by Gasteiger charge is 2.27. The van der Waals surface area contributed by atoms with Crippen LogP contribution in [-0.2, 0) is 22.7 Å². The molecule has 0 saturated carbocycles. The number of anilines is 2. The zero-order valence-corrected chi connectivity index (χ0v) is 16.3. The van der Waals surface area contributed by atoms with Crippen molar-refractivity contribution in [3.05, 3.63) is 78.1 Å². The summed E-state index contributed by atoms with van der Waals surface area (Å²) in [5, 5.41) is 7.22. The molecule has 0 spiro atoms. The lowest BCUT2D eigenvalue weighted by molar-refractivity contribution is -0.122. The quantitative estimate of drug-likeness (QED) is 0.703. The van der Waals surface area contributed by atoms with Crippen molar-refractivity contribution in [3.63, 3.8) is 0 Å². The number of rotatable bonds is 6. The van der Waals surface area contributed by atoms with Crippen LogP contribution in [0, 0.1) is 0 Å². The number of carbonyl (C=O) groups is 2.